The predicted octanol–water partition coefficient (Wildman–Crippen LogP) is 6.41. The summed E-state index contributed by atoms with van der Waals surface area (Å²) < 4.78 is 29.0. The number of halogens is 1. The summed E-state index contributed by atoms with van der Waals surface area (Å²) in [7, 11) is -4.14. The Hall–Kier alpha value is -3.36. The third-order valence-corrected chi connectivity index (χ3v) is 9.85. The highest BCUT2D eigenvalue weighted by Gasteiger charge is 2.34. The molecule has 9 heteroatoms. The van der Waals surface area contributed by atoms with E-state index in [0.29, 0.717) is 17.1 Å². The second-order valence-electron chi connectivity index (χ2n) is 11.1. The summed E-state index contributed by atoms with van der Waals surface area (Å²) >= 11 is 6.03. The van der Waals surface area contributed by atoms with E-state index in [2.05, 4.69) is 5.32 Å². The number of carbonyl (C=O) groups is 2. The smallest absolute Gasteiger partial charge is 0.264 e. The molecule has 0 saturated heterocycles. The largest absolute Gasteiger partial charge is 0.352 e. The number of sulfonamides is 1. The predicted molar refractivity (Wildman–Crippen MR) is 168 cm³/mol. The van der Waals surface area contributed by atoms with Gasteiger partial charge in [0.1, 0.15) is 12.6 Å². The van der Waals surface area contributed by atoms with Crippen molar-refractivity contribution in [3.8, 4) is 0 Å². The molecule has 42 heavy (non-hydrogen) atoms. The Kier molecular flexibility index (Phi) is 10.7. The Bertz CT molecular complexity index is 1450. The maximum absolute atomic E-state index is 14.2. The van der Waals surface area contributed by atoms with Crippen molar-refractivity contribution in [1.29, 1.82) is 0 Å². The van der Waals surface area contributed by atoms with E-state index in [-0.39, 0.29) is 23.4 Å². The normalized spacial score (nSPS) is 14.7. The summed E-state index contributed by atoms with van der Waals surface area (Å²) in [6, 6.07) is 20.0. The molecular formula is C33H40ClN3O4S. The third kappa shape index (κ3) is 7.92. The molecule has 0 aromatic heterocycles. The summed E-state index contributed by atoms with van der Waals surface area (Å²) in [5.74, 6) is -0.661. The molecule has 0 heterocycles. The van der Waals surface area contributed by atoms with Gasteiger partial charge in [-0.1, -0.05) is 85.3 Å². The summed E-state index contributed by atoms with van der Waals surface area (Å²) in [5, 5.41) is 3.58. The third-order valence-electron chi connectivity index (χ3n) is 7.81. The van der Waals surface area contributed by atoms with Gasteiger partial charge in [-0.25, -0.2) is 8.42 Å². The molecule has 0 radical (unpaired) electrons. The minimum atomic E-state index is -4.14. The van der Waals surface area contributed by atoms with Crippen LogP contribution in [0.25, 0.3) is 0 Å². The van der Waals surface area contributed by atoms with Gasteiger partial charge in [0.05, 0.1) is 10.6 Å². The average molecular weight is 610 g/mol. The van der Waals surface area contributed by atoms with Gasteiger partial charge in [0.2, 0.25) is 11.8 Å². The number of anilines is 1. The Morgan fingerprint density at radius 3 is 2.02 bits per heavy atom. The van der Waals surface area contributed by atoms with Crippen molar-refractivity contribution in [3.63, 3.8) is 0 Å². The van der Waals surface area contributed by atoms with Gasteiger partial charge in [-0.15, -0.1) is 0 Å². The second kappa shape index (κ2) is 14.2. The van der Waals surface area contributed by atoms with E-state index in [1.807, 2.05) is 45.0 Å². The number of benzene rings is 3. The van der Waals surface area contributed by atoms with Gasteiger partial charge in [0, 0.05) is 17.6 Å². The fourth-order valence-electron chi connectivity index (χ4n) is 5.33. The first-order valence-corrected chi connectivity index (χ1v) is 16.4. The van der Waals surface area contributed by atoms with Crippen molar-refractivity contribution in [2.75, 3.05) is 10.8 Å². The van der Waals surface area contributed by atoms with Gasteiger partial charge in [-0.05, 0) is 75.1 Å². The molecule has 1 saturated carbocycles. The van der Waals surface area contributed by atoms with Crippen molar-refractivity contribution in [3.05, 3.63) is 94.5 Å². The Morgan fingerprint density at radius 2 is 1.45 bits per heavy atom. The maximum atomic E-state index is 14.2. The highest BCUT2D eigenvalue weighted by molar-refractivity contribution is 7.92. The van der Waals surface area contributed by atoms with E-state index >= 15 is 0 Å². The summed E-state index contributed by atoms with van der Waals surface area (Å²) in [6.07, 6.45) is 5.55. The second-order valence-corrected chi connectivity index (χ2v) is 13.4. The highest BCUT2D eigenvalue weighted by Crippen LogP contribution is 2.26. The number of rotatable bonds is 11. The molecule has 1 fully saturated rings. The molecule has 7 nitrogen and oxygen atoms in total. The van der Waals surface area contributed by atoms with Gasteiger partial charge >= 0.3 is 0 Å². The maximum Gasteiger partial charge on any atom is 0.264 e. The number of aryl methyl sites for hydroxylation is 2. The number of amides is 2. The molecule has 1 aliphatic carbocycles. The standard InChI is InChI=1S/C33H40ClN3O4S/c1-4-31(33(39)35-28-8-6-5-7-9-28)36(22-26-14-10-24(2)11-15-26)32(38)23-37(29-18-12-25(3)13-19-29)42(40,41)30-20-16-27(34)17-21-30/h10-21,28,31H,4-9,22-23H2,1-3H3,(H,35,39)/t31-/m0/s1. The van der Waals surface area contributed by atoms with Crippen LogP contribution in [-0.2, 0) is 26.2 Å². The van der Waals surface area contributed by atoms with E-state index in [1.54, 1.807) is 24.3 Å². The topological polar surface area (TPSA) is 86.8 Å². The molecule has 224 valence electrons. The number of nitrogens with zero attached hydrogens (tertiary/aromatic N) is 2. The van der Waals surface area contributed by atoms with Crippen LogP contribution >= 0.6 is 11.6 Å². The van der Waals surface area contributed by atoms with Crippen molar-refractivity contribution in [2.24, 2.45) is 0 Å². The van der Waals surface area contributed by atoms with Crippen LogP contribution in [0.4, 0.5) is 5.69 Å². The number of nitrogens with one attached hydrogen (secondary N) is 1. The molecule has 4 rings (SSSR count). The van der Waals surface area contributed by atoms with Crippen LogP contribution in [0.5, 0.6) is 0 Å². The molecular weight excluding hydrogens is 570 g/mol. The zero-order valence-electron chi connectivity index (χ0n) is 24.6. The van der Waals surface area contributed by atoms with Crippen molar-refractivity contribution >= 4 is 39.1 Å². The number of hydrogen-bond donors (Lipinski definition) is 1. The molecule has 0 spiro atoms. The highest BCUT2D eigenvalue weighted by atomic mass is 35.5. The molecule has 3 aromatic carbocycles. The van der Waals surface area contributed by atoms with Crippen LogP contribution in [-0.4, -0.2) is 43.8 Å². The number of hydrogen-bond acceptors (Lipinski definition) is 4. The Balaban J connectivity index is 1.69. The van der Waals surface area contributed by atoms with Crippen LogP contribution in [0.2, 0.25) is 5.02 Å². The minimum absolute atomic E-state index is 0.0208. The monoisotopic (exact) mass is 609 g/mol. The lowest BCUT2D eigenvalue weighted by Gasteiger charge is -2.34. The fourth-order valence-corrected chi connectivity index (χ4v) is 6.87. The lowest BCUT2D eigenvalue weighted by Crippen LogP contribution is -2.54. The van der Waals surface area contributed by atoms with Crippen molar-refractivity contribution < 1.29 is 18.0 Å². The van der Waals surface area contributed by atoms with Crippen LogP contribution in [0, 0.1) is 13.8 Å². The average Bonchev–Trinajstić information content (AvgIpc) is 2.98. The van der Waals surface area contributed by atoms with E-state index in [9.17, 15) is 18.0 Å². The van der Waals surface area contributed by atoms with Gasteiger partial charge < -0.3 is 10.2 Å². The lowest BCUT2D eigenvalue weighted by atomic mass is 9.95. The quantitative estimate of drug-likeness (QED) is 0.272. The first kappa shape index (κ1) is 31.6. The molecule has 1 atom stereocenters. The van der Waals surface area contributed by atoms with E-state index < -0.39 is 28.5 Å². The van der Waals surface area contributed by atoms with Gasteiger partial charge in [-0.3, -0.25) is 13.9 Å². The Morgan fingerprint density at radius 1 is 0.881 bits per heavy atom. The molecule has 3 aromatic rings. The molecule has 0 unspecified atom stereocenters. The van der Waals surface area contributed by atoms with Crippen LogP contribution < -0.4 is 9.62 Å². The molecule has 1 aliphatic rings. The SMILES string of the molecule is CC[C@@H](C(=O)NC1CCCCC1)N(Cc1ccc(C)cc1)C(=O)CN(c1ccc(C)cc1)S(=O)(=O)c1ccc(Cl)cc1. The zero-order chi connectivity index (χ0) is 30.3. The van der Waals surface area contributed by atoms with E-state index in [0.717, 1.165) is 46.7 Å². The number of carbonyl (C=O) groups excluding carboxylic acids is 2. The minimum Gasteiger partial charge on any atom is -0.352 e. The first-order chi connectivity index (χ1) is 20.1. The van der Waals surface area contributed by atoms with E-state index in [4.69, 9.17) is 11.6 Å². The zero-order valence-corrected chi connectivity index (χ0v) is 26.1. The van der Waals surface area contributed by atoms with Crippen LogP contribution in [0.15, 0.2) is 77.7 Å². The van der Waals surface area contributed by atoms with Gasteiger partial charge in [0.15, 0.2) is 0 Å². The van der Waals surface area contributed by atoms with Gasteiger partial charge in [0.25, 0.3) is 10.0 Å². The molecule has 0 aliphatic heterocycles. The van der Waals surface area contributed by atoms with Crippen molar-refractivity contribution in [1.82, 2.24) is 10.2 Å². The van der Waals surface area contributed by atoms with Crippen LogP contribution in [0.3, 0.4) is 0 Å². The molecule has 1 N–H and O–H groups in total. The summed E-state index contributed by atoms with van der Waals surface area (Å²) in [4.78, 5) is 29.4. The first-order valence-electron chi connectivity index (χ1n) is 14.6. The molecule has 2 amide bonds. The fraction of sp³-hybridized carbons (Fsp3) is 0.394. The Labute approximate surface area is 254 Å². The summed E-state index contributed by atoms with van der Waals surface area (Å²) in [6.45, 7) is 5.49. The van der Waals surface area contributed by atoms with E-state index in [1.165, 1.54) is 35.6 Å². The van der Waals surface area contributed by atoms with Crippen LogP contribution in [0.1, 0.15) is 62.1 Å². The molecule has 0 bridgehead atoms. The van der Waals surface area contributed by atoms with Crippen molar-refractivity contribution in [2.45, 2.75) is 82.8 Å². The summed E-state index contributed by atoms with van der Waals surface area (Å²) in [5.41, 5.74) is 3.26. The van der Waals surface area contributed by atoms with Gasteiger partial charge in [-0.2, -0.15) is 0 Å². The lowest BCUT2D eigenvalue weighted by molar-refractivity contribution is -0.140.